The quantitative estimate of drug-likeness (QED) is 0.160. The first-order chi connectivity index (χ1) is 24.1. The molecular formula is C40H24O. The highest BCUT2D eigenvalue weighted by atomic mass is 16.3. The number of hydrogen-bond donors (Lipinski definition) is 0. The van der Waals surface area contributed by atoms with Gasteiger partial charge in [0.1, 0.15) is 11.2 Å². The van der Waals surface area contributed by atoms with Gasteiger partial charge in [0, 0.05) is 21.9 Å². The summed E-state index contributed by atoms with van der Waals surface area (Å²) in [6.07, 6.45) is 0. The molecule has 8 aromatic carbocycles. The molecule has 0 saturated heterocycles. The summed E-state index contributed by atoms with van der Waals surface area (Å²) in [5.74, 6) is 0. The van der Waals surface area contributed by atoms with E-state index in [0.29, 0.717) is 16.3 Å². The Balaban J connectivity index is 1.55. The zero-order valence-corrected chi connectivity index (χ0v) is 21.6. The molecule has 0 fully saturated rings. The van der Waals surface area contributed by atoms with Crippen molar-refractivity contribution in [2.75, 3.05) is 0 Å². The van der Waals surface area contributed by atoms with Crippen LogP contribution in [0.15, 0.2) is 150 Å². The summed E-state index contributed by atoms with van der Waals surface area (Å²) in [4.78, 5) is 0. The molecule has 1 heterocycles. The van der Waals surface area contributed by atoms with Gasteiger partial charge in [-0.05, 0) is 66.3 Å². The molecule has 0 amide bonds. The number of hydrogen-bond acceptors (Lipinski definition) is 1. The van der Waals surface area contributed by atoms with Crippen molar-refractivity contribution >= 4 is 65.0 Å². The third-order valence-corrected chi connectivity index (χ3v) is 7.98. The normalized spacial score (nSPS) is 15.0. The monoisotopic (exact) mass is 529 g/mol. The second-order valence-electron chi connectivity index (χ2n) is 10.1. The van der Waals surface area contributed by atoms with Crippen molar-refractivity contribution in [2.24, 2.45) is 0 Å². The molecule has 1 heteroatoms. The van der Waals surface area contributed by atoms with E-state index in [4.69, 9.17) is 15.4 Å². The van der Waals surface area contributed by atoms with Crippen molar-refractivity contribution < 1.29 is 16.8 Å². The molecule has 0 unspecified atom stereocenters. The smallest absolute Gasteiger partial charge is 0.143 e. The largest absolute Gasteiger partial charge is 0.455 e. The molecule has 0 radical (unpaired) electrons. The van der Waals surface area contributed by atoms with Crippen molar-refractivity contribution in [3.63, 3.8) is 0 Å². The van der Waals surface area contributed by atoms with Crippen molar-refractivity contribution in [1.82, 2.24) is 0 Å². The summed E-state index contributed by atoms with van der Waals surface area (Å²) in [5, 5.41) is 4.78. The highest BCUT2D eigenvalue weighted by Crippen LogP contribution is 2.48. The van der Waals surface area contributed by atoms with Gasteiger partial charge in [0.15, 0.2) is 0 Å². The number of furan rings is 1. The Hall–Kier alpha value is -5.40. The van der Waals surface area contributed by atoms with Crippen LogP contribution in [0.5, 0.6) is 0 Å². The number of benzene rings is 8. The van der Waals surface area contributed by atoms with Crippen LogP contribution >= 0.6 is 0 Å². The predicted octanol–water partition coefficient (Wildman–Crippen LogP) is 11.5. The van der Waals surface area contributed by atoms with Gasteiger partial charge in [-0.25, -0.2) is 0 Å². The second kappa shape index (κ2) is 8.55. The summed E-state index contributed by atoms with van der Waals surface area (Å²) < 4.78 is 86.1. The summed E-state index contributed by atoms with van der Waals surface area (Å²) in [5.41, 5.74) is 3.95. The summed E-state index contributed by atoms with van der Waals surface area (Å²) in [7, 11) is 0. The fourth-order valence-electron chi connectivity index (χ4n) is 6.29. The Bertz CT molecular complexity index is 2920. The molecule has 0 saturated carbocycles. The van der Waals surface area contributed by atoms with E-state index in [1.165, 1.54) is 0 Å². The van der Waals surface area contributed by atoms with Crippen molar-refractivity contribution in [3.8, 4) is 22.3 Å². The fraction of sp³-hybridized carbons (Fsp3) is 0. The predicted molar refractivity (Wildman–Crippen MR) is 175 cm³/mol. The Morgan fingerprint density at radius 1 is 0.415 bits per heavy atom. The third-order valence-electron chi connectivity index (χ3n) is 7.98. The maximum absolute atomic E-state index is 9.68. The molecule has 0 aliphatic rings. The minimum absolute atomic E-state index is 0.0287. The van der Waals surface area contributed by atoms with Crippen LogP contribution in [0, 0.1) is 0 Å². The van der Waals surface area contributed by atoms with Crippen LogP contribution < -0.4 is 0 Å². The Kier molecular flexibility index (Phi) is 3.21. The highest BCUT2D eigenvalue weighted by molar-refractivity contribution is 6.27. The highest BCUT2D eigenvalue weighted by Gasteiger charge is 2.21. The van der Waals surface area contributed by atoms with E-state index in [1.54, 1.807) is 0 Å². The molecule has 9 rings (SSSR count). The van der Waals surface area contributed by atoms with Gasteiger partial charge in [-0.1, -0.05) is 133 Å². The van der Waals surface area contributed by atoms with Gasteiger partial charge < -0.3 is 4.42 Å². The van der Waals surface area contributed by atoms with E-state index < -0.39 is 42.3 Å². The first kappa shape index (κ1) is 15.4. The number of para-hydroxylation sites is 2. The lowest BCUT2D eigenvalue weighted by atomic mass is 9.83. The molecule has 0 atom stereocenters. The summed E-state index contributed by atoms with van der Waals surface area (Å²) in [6, 6.07) is 25.3. The molecule has 0 bridgehead atoms. The third kappa shape index (κ3) is 3.18. The maximum atomic E-state index is 9.68. The van der Waals surface area contributed by atoms with E-state index in [1.807, 2.05) is 91.0 Å². The van der Waals surface area contributed by atoms with Gasteiger partial charge in [0.25, 0.3) is 0 Å². The number of rotatable bonds is 2. The van der Waals surface area contributed by atoms with Gasteiger partial charge in [-0.3, -0.25) is 0 Å². The topological polar surface area (TPSA) is 13.1 Å². The maximum Gasteiger partial charge on any atom is 0.143 e. The minimum atomic E-state index is -0.539. The lowest BCUT2D eigenvalue weighted by molar-refractivity contribution is 0.670. The molecule has 41 heavy (non-hydrogen) atoms. The van der Waals surface area contributed by atoms with E-state index in [2.05, 4.69) is 0 Å². The van der Waals surface area contributed by atoms with E-state index in [0.717, 1.165) is 43.8 Å². The van der Waals surface area contributed by atoms with Crippen LogP contribution in [0.4, 0.5) is 0 Å². The standard InChI is InChI=1S/C40H24O/c1-2-13-26-25(12-1)24-36(28-15-4-3-14-27(26)28)39-32-19-7-5-17-30(32)38(31-18-6-8-20-33(31)39)35-22-11-21-34-29-16-9-10-23-37(29)41-40(34)35/h1-24H/i1D,2D,3D,4D,12D,13D,14D,15D,24D. The van der Waals surface area contributed by atoms with E-state index >= 15 is 0 Å². The molecular weight excluding hydrogens is 496 g/mol. The molecule has 9 aromatic rings. The second-order valence-corrected chi connectivity index (χ2v) is 10.1. The van der Waals surface area contributed by atoms with Gasteiger partial charge in [-0.15, -0.1) is 0 Å². The molecule has 1 aromatic heterocycles. The number of fused-ring (bicyclic) bond motifs is 8. The first-order valence-electron chi connectivity index (χ1n) is 17.9. The van der Waals surface area contributed by atoms with Crippen LogP contribution in [0.1, 0.15) is 12.3 Å². The first-order valence-corrected chi connectivity index (χ1v) is 13.4. The average molecular weight is 530 g/mol. The SMILES string of the molecule is [2H]c1c([2H])c([2H])c2c(c1[2H])c([2H])c(-c1c3ccccc3c(-c3cccc4c3oc3ccccc34)c3ccccc13)c1c([2H])c([2H])c([2H])c([2H])c12. The Morgan fingerprint density at radius 2 is 0.951 bits per heavy atom. The molecule has 0 N–H and O–H groups in total. The minimum Gasteiger partial charge on any atom is -0.455 e. The Labute approximate surface area is 249 Å². The molecule has 1 nitrogen and oxygen atoms in total. The fourth-order valence-corrected chi connectivity index (χ4v) is 6.29. The lowest BCUT2D eigenvalue weighted by Crippen LogP contribution is -1.92. The van der Waals surface area contributed by atoms with Crippen molar-refractivity contribution in [3.05, 3.63) is 145 Å². The Morgan fingerprint density at radius 3 is 1.66 bits per heavy atom. The van der Waals surface area contributed by atoms with Crippen molar-refractivity contribution in [2.45, 2.75) is 0 Å². The van der Waals surface area contributed by atoms with Gasteiger partial charge in [-0.2, -0.15) is 0 Å². The van der Waals surface area contributed by atoms with Crippen LogP contribution in [0.2, 0.25) is 0 Å². The van der Waals surface area contributed by atoms with Crippen LogP contribution in [-0.4, -0.2) is 0 Å². The molecule has 0 aliphatic heterocycles. The molecule has 0 spiro atoms. The van der Waals surface area contributed by atoms with E-state index in [-0.39, 0.29) is 39.2 Å². The van der Waals surface area contributed by atoms with Crippen molar-refractivity contribution in [1.29, 1.82) is 0 Å². The molecule has 0 aliphatic carbocycles. The van der Waals surface area contributed by atoms with Crippen LogP contribution in [0.25, 0.3) is 87.3 Å². The van der Waals surface area contributed by atoms with Gasteiger partial charge >= 0.3 is 0 Å². The van der Waals surface area contributed by atoms with Gasteiger partial charge in [0.05, 0.1) is 12.3 Å². The zero-order valence-electron chi connectivity index (χ0n) is 30.6. The van der Waals surface area contributed by atoms with Gasteiger partial charge in [0.2, 0.25) is 0 Å². The van der Waals surface area contributed by atoms with Crippen LogP contribution in [-0.2, 0) is 0 Å². The lowest BCUT2D eigenvalue weighted by Gasteiger charge is -2.19. The zero-order chi connectivity index (χ0) is 34.7. The van der Waals surface area contributed by atoms with Crippen LogP contribution in [0.3, 0.4) is 0 Å². The van der Waals surface area contributed by atoms with E-state index in [9.17, 15) is 1.37 Å². The molecule has 190 valence electrons. The summed E-state index contributed by atoms with van der Waals surface area (Å²) >= 11 is 0. The average Bonchev–Trinajstić information content (AvgIpc) is 3.52. The summed E-state index contributed by atoms with van der Waals surface area (Å²) in [6.45, 7) is 0.